The summed E-state index contributed by atoms with van der Waals surface area (Å²) in [6, 6.07) is 22.1. The monoisotopic (exact) mass is 416 g/mol. The van der Waals surface area contributed by atoms with Gasteiger partial charge in [-0.3, -0.25) is 9.59 Å². The number of benzene rings is 3. The van der Waals surface area contributed by atoms with E-state index in [1.165, 1.54) is 0 Å². The molecule has 5 nitrogen and oxygen atoms in total. The predicted octanol–water partition coefficient (Wildman–Crippen LogP) is 5.56. The molecule has 0 heterocycles. The smallest absolute Gasteiger partial charge is 0.262 e. The number of rotatable bonds is 6. The maximum Gasteiger partial charge on any atom is 0.262 e. The molecule has 0 radical (unpaired) electrons. The zero-order chi connectivity index (χ0) is 22.4. The minimum absolute atomic E-state index is 0.0776. The van der Waals surface area contributed by atoms with Crippen LogP contribution in [-0.4, -0.2) is 18.4 Å². The van der Waals surface area contributed by atoms with E-state index in [-0.39, 0.29) is 23.8 Å². The topological polar surface area (TPSA) is 67.4 Å². The molecule has 5 heteroatoms. The molecule has 31 heavy (non-hydrogen) atoms. The fourth-order valence-corrected chi connectivity index (χ4v) is 3.18. The van der Waals surface area contributed by atoms with Crippen molar-refractivity contribution in [3.05, 3.63) is 89.5 Å². The van der Waals surface area contributed by atoms with Gasteiger partial charge in [-0.05, 0) is 60.4 Å². The zero-order valence-corrected chi connectivity index (χ0v) is 18.4. The molecule has 3 aromatic rings. The van der Waals surface area contributed by atoms with Crippen LogP contribution >= 0.6 is 0 Å². The molecule has 0 bridgehead atoms. The Kier molecular flexibility index (Phi) is 6.75. The van der Waals surface area contributed by atoms with Gasteiger partial charge in [-0.25, -0.2) is 0 Å². The molecular formula is C26H28N2O3. The third-order valence-electron chi connectivity index (χ3n) is 4.76. The van der Waals surface area contributed by atoms with E-state index in [4.69, 9.17) is 4.74 Å². The highest BCUT2D eigenvalue weighted by atomic mass is 16.5. The Balaban J connectivity index is 1.55. The Hall–Kier alpha value is -3.60. The highest BCUT2D eigenvalue weighted by Crippen LogP contribution is 2.30. The molecule has 0 saturated carbocycles. The molecule has 0 spiro atoms. The van der Waals surface area contributed by atoms with Crippen molar-refractivity contribution in [1.82, 2.24) is 0 Å². The van der Waals surface area contributed by atoms with Crippen molar-refractivity contribution in [3.63, 3.8) is 0 Å². The molecule has 160 valence electrons. The summed E-state index contributed by atoms with van der Waals surface area (Å²) in [6.45, 7) is 8.18. The number of aryl methyl sites for hydroxylation is 1. The van der Waals surface area contributed by atoms with Crippen LogP contribution in [-0.2, 0) is 10.2 Å². The Labute approximate surface area is 183 Å². The van der Waals surface area contributed by atoms with Gasteiger partial charge in [-0.1, -0.05) is 56.7 Å². The van der Waals surface area contributed by atoms with E-state index < -0.39 is 0 Å². The van der Waals surface area contributed by atoms with Gasteiger partial charge in [0.2, 0.25) is 0 Å². The SMILES string of the molecule is Cc1cccc(C(=O)Nc2ccc(NC(=O)COc3ccccc3C(C)(C)C)cc2)c1. The summed E-state index contributed by atoms with van der Waals surface area (Å²) < 4.78 is 5.76. The number of ether oxygens (including phenoxy) is 1. The van der Waals surface area contributed by atoms with Crippen LogP contribution in [0.3, 0.4) is 0 Å². The molecule has 0 saturated heterocycles. The highest BCUT2D eigenvalue weighted by Gasteiger charge is 2.19. The number of para-hydroxylation sites is 1. The van der Waals surface area contributed by atoms with Crippen LogP contribution in [0.25, 0.3) is 0 Å². The normalized spacial score (nSPS) is 11.0. The average molecular weight is 417 g/mol. The minimum atomic E-state index is -0.250. The molecule has 0 aromatic heterocycles. The van der Waals surface area contributed by atoms with E-state index >= 15 is 0 Å². The molecule has 0 aliphatic carbocycles. The Morgan fingerprint density at radius 2 is 1.48 bits per heavy atom. The maximum atomic E-state index is 12.3. The Morgan fingerprint density at radius 3 is 2.13 bits per heavy atom. The average Bonchev–Trinajstić information content (AvgIpc) is 2.73. The molecule has 3 aromatic carbocycles. The first-order chi connectivity index (χ1) is 14.7. The van der Waals surface area contributed by atoms with Gasteiger partial charge in [0.15, 0.2) is 6.61 Å². The summed E-state index contributed by atoms with van der Waals surface area (Å²) >= 11 is 0. The lowest BCUT2D eigenvalue weighted by Crippen LogP contribution is -2.22. The first-order valence-electron chi connectivity index (χ1n) is 10.2. The number of amides is 2. The fourth-order valence-electron chi connectivity index (χ4n) is 3.18. The van der Waals surface area contributed by atoms with Crippen molar-refractivity contribution in [1.29, 1.82) is 0 Å². The van der Waals surface area contributed by atoms with Crippen molar-refractivity contribution in [2.24, 2.45) is 0 Å². The van der Waals surface area contributed by atoms with Gasteiger partial charge in [-0.2, -0.15) is 0 Å². The molecule has 0 atom stereocenters. The number of hydrogen-bond donors (Lipinski definition) is 2. The van der Waals surface area contributed by atoms with E-state index in [1.54, 1.807) is 30.3 Å². The Bertz CT molecular complexity index is 1070. The lowest BCUT2D eigenvalue weighted by molar-refractivity contribution is -0.118. The largest absolute Gasteiger partial charge is 0.483 e. The third kappa shape index (κ3) is 6.19. The highest BCUT2D eigenvalue weighted by molar-refractivity contribution is 6.04. The van der Waals surface area contributed by atoms with Gasteiger partial charge in [-0.15, -0.1) is 0 Å². The summed E-state index contributed by atoms with van der Waals surface area (Å²) in [7, 11) is 0. The number of nitrogens with one attached hydrogen (secondary N) is 2. The van der Waals surface area contributed by atoms with Gasteiger partial charge in [0.25, 0.3) is 11.8 Å². The first kappa shape index (κ1) is 22.1. The molecule has 0 aliphatic rings. The standard InChI is InChI=1S/C26H28N2O3/c1-18-8-7-9-19(16-18)25(30)28-21-14-12-20(13-15-21)27-24(29)17-31-23-11-6-5-10-22(23)26(2,3)4/h5-16H,17H2,1-4H3,(H,27,29)(H,28,30). The summed E-state index contributed by atoms with van der Waals surface area (Å²) in [5, 5.41) is 5.67. The van der Waals surface area contributed by atoms with Crippen LogP contribution in [0.4, 0.5) is 11.4 Å². The Morgan fingerprint density at radius 1 is 0.839 bits per heavy atom. The molecule has 2 N–H and O–H groups in total. The van der Waals surface area contributed by atoms with Gasteiger partial charge in [0, 0.05) is 16.9 Å². The third-order valence-corrected chi connectivity index (χ3v) is 4.76. The number of anilines is 2. The van der Waals surface area contributed by atoms with Crippen LogP contribution < -0.4 is 15.4 Å². The maximum absolute atomic E-state index is 12.3. The second kappa shape index (κ2) is 9.47. The molecule has 0 fully saturated rings. The number of carbonyl (C=O) groups excluding carboxylic acids is 2. The van der Waals surface area contributed by atoms with Crippen LogP contribution in [0.5, 0.6) is 5.75 Å². The quantitative estimate of drug-likeness (QED) is 0.553. The van der Waals surface area contributed by atoms with Gasteiger partial charge in [0.05, 0.1) is 0 Å². The molecular weight excluding hydrogens is 388 g/mol. The van der Waals surface area contributed by atoms with Gasteiger partial charge in [0.1, 0.15) is 5.75 Å². The van der Waals surface area contributed by atoms with Crippen LogP contribution in [0.1, 0.15) is 42.3 Å². The first-order valence-corrected chi connectivity index (χ1v) is 10.2. The van der Waals surface area contributed by atoms with Crippen LogP contribution in [0.2, 0.25) is 0 Å². The van der Waals surface area contributed by atoms with Crippen LogP contribution in [0.15, 0.2) is 72.8 Å². The number of hydrogen-bond acceptors (Lipinski definition) is 3. The van der Waals surface area contributed by atoms with E-state index in [0.717, 1.165) is 11.1 Å². The van der Waals surface area contributed by atoms with Gasteiger partial charge >= 0.3 is 0 Å². The molecule has 2 amide bonds. The lowest BCUT2D eigenvalue weighted by atomic mass is 9.86. The van der Waals surface area contributed by atoms with Crippen molar-refractivity contribution in [2.45, 2.75) is 33.1 Å². The number of carbonyl (C=O) groups is 2. The summed E-state index contributed by atoms with van der Waals surface area (Å²) in [5.74, 6) is 0.283. The molecule has 0 aliphatic heterocycles. The molecule has 0 unspecified atom stereocenters. The van der Waals surface area contributed by atoms with E-state index in [2.05, 4.69) is 31.4 Å². The van der Waals surface area contributed by atoms with E-state index in [0.29, 0.717) is 22.7 Å². The minimum Gasteiger partial charge on any atom is -0.483 e. The fraction of sp³-hybridized carbons (Fsp3) is 0.231. The second-order valence-corrected chi connectivity index (χ2v) is 8.48. The second-order valence-electron chi connectivity index (χ2n) is 8.48. The summed E-state index contributed by atoms with van der Waals surface area (Å²) in [6.07, 6.45) is 0. The van der Waals surface area contributed by atoms with Crippen molar-refractivity contribution in [3.8, 4) is 5.75 Å². The summed E-state index contributed by atoms with van der Waals surface area (Å²) in [5.41, 5.74) is 3.89. The lowest BCUT2D eigenvalue weighted by Gasteiger charge is -2.22. The van der Waals surface area contributed by atoms with Gasteiger partial charge < -0.3 is 15.4 Å². The van der Waals surface area contributed by atoms with E-state index in [1.807, 2.05) is 49.4 Å². The predicted molar refractivity (Wildman–Crippen MR) is 125 cm³/mol. The van der Waals surface area contributed by atoms with Crippen LogP contribution in [0, 0.1) is 6.92 Å². The van der Waals surface area contributed by atoms with Crippen molar-refractivity contribution in [2.75, 3.05) is 17.2 Å². The summed E-state index contributed by atoms with van der Waals surface area (Å²) in [4.78, 5) is 24.7. The van der Waals surface area contributed by atoms with Crippen molar-refractivity contribution >= 4 is 23.2 Å². The molecule has 3 rings (SSSR count). The zero-order valence-electron chi connectivity index (χ0n) is 18.4. The van der Waals surface area contributed by atoms with E-state index in [9.17, 15) is 9.59 Å². The van der Waals surface area contributed by atoms with Crippen molar-refractivity contribution < 1.29 is 14.3 Å².